The second-order valence-electron chi connectivity index (χ2n) is 6.24. The number of aromatic nitrogens is 3. The maximum atomic E-state index is 6.18. The van der Waals surface area contributed by atoms with Crippen LogP contribution in [0.3, 0.4) is 0 Å². The summed E-state index contributed by atoms with van der Waals surface area (Å²) in [5.74, 6) is 2.26. The Hall–Kier alpha value is -2.44. The van der Waals surface area contributed by atoms with Gasteiger partial charge in [0.1, 0.15) is 0 Å². The molecular formula is C21H20ClN3O2S. The van der Waals surface area contributed by atoms with Crippen molar-refractivity contribution in [3.8, 4) is 11.5 Å². The molecule has 0 aliphatic carbocycles. The largest absolute Gasteiger partial charge is 0.490 e. The molecule has 0 fully saturated rings. The summed E-state index contributed by atoms with van der Waals surface area (Å²) >= 11 is 7.79. The van der Waals surface area contributed by atoms with Crippen LogP contribution >= 0.6 is 23.4 Å². The summed E-state index contributed by atoms with van der Waals surface area (Å²) in [6, 6.07) is 15.6. The molecule has 0 bridgehead atoms. The Kier molecular flexibility index (Phi) is 5.59. The molecule has 4 aromatic rings. The number of halogens is 1. The Balaban J connectivity index is 1.52. The van der Waals surface area contributed by atoms with Gasteiger partial charge in [-0.05, 0) is 55.8 Å². The molecule has 0 spiro atoms. The van der Waals surface area contributed by atoms with Gasteiger partial charge >= 0.3 is 0 Å². The average Bonchev–Trinajstić information content (AvgIpc) is 3.09. The number of benzene rings is 2. The van der Waals surface area contributed by atoms with Crippen molar-refractivity contribution in [1.82, 2.24) is 14.6 Å². The maximum Gasteiger partial charge on any atom is 0.196 e. The van der Waals surface area contributed by atoms with E-state index < -0.39 is 0 Å². The number of fused-ring (bicyclic) bond motifs is 3. The number of thioether (sulfide) groups is 1. The highest BCUT2D eigenvalue weighted by Gasteiger charge is 2.12. The third-order valence-corrected chi connectivity index (χ3v) is 5.48. The first-order valence-electron chi connectivity index (χ1n) is 9.09. The van der Waals surface area contributed by atoms with Gasteiger partial charge in [-0.1, -0.05) is 35.5 Å². The summed E-state index contributed by atoms with van der Waals surface area (Å²) in [6.45, 7) is 5.17. The second-order valence-corrected chi connectivity index (χ2v) is 7.74. The van der Waals surface area contributed by atoms with Gasteiger partial charge < -0.3 is 9.47 Å². The highest BCUT2D eigenvalue weighted by molar-refractivity contribution is 7.99. The fourth-order valence-corrected chi connectivity index (χ4v) is 4.05. The first kappa shape index (κ1) is 18.9. The molecule has 0 N–H and O–H groups in total. The fraction of sp³-hybridized carbons (Fsp3) is 0.238. The van der Waals surface area contributed by atoms with E-state index in [2.05, 4.69) is 21.5 Å². The van der Waals surface area contributed by atoms with Crippen molar-refractivity contribution < 1.29 is 9.47 Å². The van der Waals surface area contributed by atoms with Crippen LogP contribution in [0.15, 0.2) is 53.7 Å². The Bertz CT molecular complexity index is 1130. The average molecular weight is 414 g/mol. The molecular weight excluding hydrogens is 394 g/mol. The number of para-hydroxylation sites is 2. The van der Waals surface area contributed by atoms with Crippen LogP contribution in [0, 0.1) is 6.92 Å². The lowest BCUT2D eigenvalue weighted by Crippen LogP contribution is -2.03. The van der Waals surface area contributed by atoms with E-state index in [9.17, 15) is 0 Å². The molecule has 0 aliphatic heterocycles. The number of hydrogen-bond acceptors (Lipinski definition) is 5. The van der Waals surface area contributed by atoms with Crippen molar-refractivity contribution in [3.63, 3.8) is 0 Å². The molecule has 0 radical (unpaired) electrons. The molecule has 0 saturated carbocycles. The summed E-state index contributed by atoms with van der Waals surface area (Å²) in [5, 5.41) is 11.3. The summed E-state index contributed by atoms with van der Waals surface area (Å²) in [4.78, 5) is 0. The topological polar surface area (TPSA) is 48.7 Å². The zero-order chi connectivity index (χ0) is 19.5. The smallest absolute Gasteiger partial charge is 0.196 e. The molecule has 0 aliphatic rings. The van der Waals surface area contributed by atoms with E-state index in [0.29, 0.717) is 13.2 Å². The van der Waals surface area contributed by atoms with Gasteiger partial charge in [-0.15, -0.1) is 10.2 Å². The van der Waals surface area contributed by atoms with Crippen molar-refractivity contribution in [2.75, 3.05) is 19.0 Å². The fourth-order valence-electron chi connectivity index (χ4n) is 3.11. The lowest BCUT2D eigenvalue weighted by Gasteiger charge is -2.11. The van der Waals surface area contributed by atoms with E-state index in [1.807, 2.05) is 55.5 Å². The lowest BCUT2D eigenvalue weighted by molar-refractivity contribution is 0.289. The minimum atomic E-state index is 0.541. The lowest BCUT2D eigenvalue weighted by atomic mass is 10.1. The van der Waals surface area contributed by atoms with Gasteiger partial charge in [-0.2, -0.15) is 0 Å². The van der Waals surface area contributed by atoms with Gasteiger partial charge in [0, 0.05) is 16.2 Å². The van der Waals surface area contributed by atoms with Gasteiger partial charge in [0.05, 0.1) is 18.7 Å². The summed E-state index contributed by atoms with van der Waals surface area (Å²) in [5.41, 5.74) is 3.01. The molecule has 0 unspecified atom stereocenters. The summed E-state index contributed by atoms with van der Waals surface area (Å²) < 4.78 is 13.6. The third kappa shape index (κ3) is 3.75. The van der Waals surface area contributed by atoms with Crippen LogP contribution in [-0.4, -0.2) is 33.6 Å². The summed E-state index contributed by atoms with van der Waals surface area (Å²) in [7, 11) is 0. The van der Waals surface area contributed by atoms with Crippen LogP contribution in [0.1, 0.15) is 12.5 Å². The molecule has 4 rings (SSSR count). The number of pyridine rings is 1. The van der Waals surface area contributed by atoms with Crippen LogP contribution in [0.25, 0.3) is 16.6 Å². The number of rotatable bonds is 7. The molecule has 0 saturated heterocycles. The number of hydrogen-bond donors (Lipinski definition) is 0. The Morgan fingerprint density at radius 2 is 1.82 bits per heavy atom. The Morgan fingerprint density at radius 1 is 1.04 bits per heavy atom. The van der Waals surface area contributed by atoms with Gasteiger partial charge in [-0.3, -0.25) is 4.40 Å². The number of ether oxygens (including phenoxy) is 2. The third-order valence-electron chi connectivity index (χ3n) is 4.35. The van der Waals surface area contributed by atoms with Gasteiger partial charge in [0.2, 0.25) is 0 Å². The van der Waals surface area contributed by atoms with E-state index in [1.165, 1.54) is 0 Å². The SMILES string of the molecule is CCOc1ccccc1OCCSc1nnc2cc(C)c3cc(Cl)ccc3n12. The predicted molar refractivity (Wildman–Crippen MR) is 114 cm³/mol. The van der Waals surface area contributed by atoms with Crippen molar-refractivity contribution in [2.45, 2.75) is 19.0 Å². The van der Waals surface area contributed by atoms with Crippen molar-refractivity contribution in [1.29, 1.82) is 0 Å². The van der Waals surface area contributed by atoms with Crippen molar-refractivity contribution >= 4 is 39.9 Å². The quantitative estimate of drug-likeness (QED) is 0.299. The van der Waals surface area contributed by atoms with E-state index in [0.717, 1.165) is 49.5 Å². The molecule has 0 atom stereocenters. The Labute approximate surface area is 172 Å². The maximum absolute atomic E-state index is 6.18. The molecule has 144 valence electrons. The van der Waals surface area contributed by atoms with Crippen LogP contribution in [0.2, 0.25) is 5.02 Å². The zero-order valence-electron chi connectivity index (χ0n) is 15.7. The molecule has 2 heterocycles. The van der Waals surface area contributed by atoms with Gasteiger partial charge in [-0.25, -0.2) is 0 Å². The predicted octanol–water partition coefficient (Wildman–Crippen LogP) is 5.41. The van der Waals surface area contributed by atoms with E-state index >= 15 is 0 Å². The molecule has 2 aromatic carbocycles. The van der Waals surface area contributed by atoms with Gasteiger partial charge in [0.25, 0.3) is 0 Å². The standard InChI is InChI=1S/C21H20ClN3O2S/c1-3-26-18-6-4-5-7-19(18)27-10-11-28-21-24-23-20-12-14(2)16-13-15(22)8-9-17(16)25(20)21/h4-9,12-13H,3,10-11H2,1-2H3. The highest BCUT2D eigenvalue weighted by Crippen LogP contribution is 2.29. The van der Waals surface area contributed by atoms with Gasteiger partial charge in [0.15, 0.2) is 22.3 Å². The van der Waals surface area contributed by atoms with Crippen molar-refractivity contribution in [2.24, 2.45) is 0 Å². The van der Waals surface area contributed by atoms with E-state index in [-0.39, 0.29) is 0 Å². The monoisotopic (exact) mass is 413 g/mol. The molecule has 0 amide bonds. The van der Waals surface area contributed by atoms with Crippen molar-refractivity contribution in [3.05, 3.63) is 59.1 Å². The first-order chi connectivity index (χ1) is 13.7. The van der Waals surface area contributed by atoms with E-state index in [1.54, 1.807) is 11.8 Å². The van der Waals surface area contributed by atoms with Crippen LogP contribution in [0.5, 0.6) is 11.5 Å². The number of aryl methyl sites for hydroxylation is 1. The normalized spacial score (nSPS) is 11.2. The van der Waals surface area contributed by atoms with Crippen LogP contribution in [-0.2, 0) is 0 Å². The van der Waals surface area contributed by atoms with Crippen LogP contribution in [0.4, 0.5) is 0 Å². The Morgan fingerprint density at radius 3 is 2.61 bits per heavy atom. The molecule has 28 heavy (non-hydrogen) atoms. The second kappa shape index (κ2) is 8.29. The van der Waals surface area contributed by atoms with Crippen LogP contribution < -0.4 is 9.47 Å². The molecule has 2 aromatic heterocycles. The minimum absolute atomic E-state index is 0.541. The van der Waals surface area contributed by atoms with E-state index in [4.69, 9.17) is 21.1 Å². The molecule has 5 nitrogen and oxygen atoms in total. The number of nitrogens with zero attached hydrogens (tertiary/aromatic N) is 3. The highest BCUT2D eigenvalue weighted by atomic mass is 35.5. The zero-order valence-corrected chi connectivity index (χ0v) is 17.3. The molecule has 7 heteroatoms. The summed E-state index contributed by atoms with van der Waals surface area (Å²) in [6.07, 6.45) is 0. The minimum Gasteiger partial charge on any atom is -0.490 e. The first-order valence-corrected chi connectivity index (χ1v) is 10.4.